The average molecular weight is 285 g/mol. The van der Waals surface area contributed by atoms with Crippen LogP contribution in [0.15, 0.2) is 0 Å². The van der Waals surface area contributed by atoms with Gasteiger partial charge in [0.2, 0.25) is 0 Å². The molecule has 0 aromatic carbocycles. The third-order valence-electron chi connectivity index (χ3n) is 3.80. The second kappa shape index (κ2) is 6.90. The number of ether oxygens (including phenoxy) is 1. The van der Waals surface area contributed by atoms with Crippen LogP contribution in [0, 0.1) is 0 Å². The summed E-state index contributed by atoms with van der Waals surface area (Å²) in [4.78, 5) is 26.9. The third-order valence-corrected chi connectivity index (χ3v) is 3.80. The summed E-state index contributed by atoms with van der Waals surface area (Å²) in [6.45, 7) is 6.44. The fourth-order valence-corrected chi connectivity index (χ4v) is 2.78. The number of carboxylic acid groups (broad SMARTS) is 1. The quantitative estimate of drug-likeness (QED) is 0.758. The predicted octanol–water partition coefficient (Wildman–Crippen LogP) is -0.0343. The molecule has 2 heterocycles. The maximum atomic E-state index is 12.1. The molecule has 2 fully saturated rings. The minimum atomic E-state index is -0.918. The van der Waals surface area contributed by atoms with Crippen LogP contribution in [0.4, 0.5) is 4.79 Å². The van der Waals surface area contributed by atoms with Crippen LogP contribution >= 0.6 is 0 Å². The van der Waals surface area contributed by atoms with Gasteiger partial charge in [-0.25, -0.2) is 9.59 Å². The van der Waals surface area contributed by atoms with Crippen molar-refractivity contribution in [2.24, 2.45) is 0 Å². The minimum Gasteiger partial charge on any atom is -0.480 e. The Hall–Kier alpha value is -1.34. The molecule has 0 bridgehead atoms. The first-order valence-electron chi connectivity index (χ1n) is 7.18. The van der Waals surface area contributed by atoms with Crippen LogP contribution in [0.5, 0.6) is 0 Å². The zero-order valence-electron chi connectivity index (χ0n) is 11.9. The van der Waals surface area contributed by atoms with Crippen LogP contribution in [0.3, 0.4) is 0 Å². The lowest BCUT2D eigenvalue weighted by Gasteiger charge is -2.30. The van der Waals surface area contributed by atoms with Gasteiger partial charge in [0.15, 0.2) is 0 Å². The van der Waals surface area contributed by atoms with E-state index in [0.717, 1.165) is 39.3 Å². The van der Waals surface area contributed by atoms with E-state index in [1.54, 1.807) is 0 Å². The second-order valence-electron chi connectivity index (χ2n) is 5.45. The van der Waals surface area contributed by atoms with Crippen LogP contribution in [0.2, 0.25) is 0 Å². The number of aliphatic carboxylic acids is 1. The molecule has 7 heteroatoms. The summed E-state index contributed by atoms with van der Waals surface area (Å²) in [5.74, 6) is -0.918. The molecule has 2 atom stereocenters. The molecule has 0 saturated carbocycles. The first-order valence-corrected chi connectivity index (χ1v) is 7.18. The van der Waals surface area contributed by atoms with E-state index in [1.165, 1.54) is 4.90 Å². The molecule has 2 unspecified atom stereocenters. The molecule has 0 aromatic rings. The second-order valence-corrected chi connectivity index (χ2v) is 5.45. The smallest absolute Gasteiger partial charge is 0.326 e. The van der Waals surface area contributed by atoms with Gasteiger partial charge in [-0.3, -0.25) is 4.90 Å². The highest BCUT2D eigenvalue weighted by molar-refractivity contribution is 5.83. The monoisotopic (exact) mass is 285 g/mol. The van der Waals surface area contributed by atoms with E-state index < -0.39 is 12.0 Å². The Morgan fingerprint density at radius 1 is 1.35 bits per heavy atom. The Kier molecular flexibility index (Phi) is 5.19. The number of carbonyl (C=O) groups excluding carboxylic acids is 1. The van der Waals surface area contributed by atoms with Crippen LogP contribution in [-0.2, 0) is 9.53 Å². The summed E-state index contributed by atoms with van der Waals surface area (Å²) in [6.07, 6.45) is 1.29. The van der Waals surface area contributed by atoms with Crippen molar-refractivity contribution in [1.29, 1.82) is 0 Å². The highest BCUT2D eigenvalue weighted by Gasteiger charge is 2.34. The molecule has 20 heavy (non-hydrogen) atoms. The molecular weight excluding hydrogens is 262 g/mol. The van der Waals surface area contributed by atoms with Gasteiger partial charge < -0.3 is 20.1 Å². The maximum Gasteiger partial charge on any atom is 0.326 e. The number of amides is 2. The number of morpholine rings is 1. The lowest BCUT2D eigenvalue weighted by atomic mass is 10.2. The SMILES string of the molecule is CC(CN1CCOCC1)NC(=O)N1CCCC1C(=O)O. The van der Waals surface area contributed by atoms with Crippen molar-refractivity contribution in [3.8, 4) is 0 Å². The minimum absolute atomic E-state index is 0.00403. The van der Waals surface area contributed by atoms with Crippen LogP contribution in [0.1, 0.15) is 19.8 Å². The number of hydrogen-bond donors (Lipinski definition) is 2. The van der Waals surface area contributed by atoms with Crippen LogP contribution < -0.4 is 5.32 Å². The molecule has 2 rings (SSSR count). The number of carboxylic acids is 1. The number of rotatable bonds is 4. The van der Waals surface area contributed by atoms with Crippen molar-refractivity contribution in [2.75, 3.05) is 39.4 Å². The normalized spacial score (nSPS) is 25.4. The van der Waals surface area contributed by atoms with Gasteiger partial charge in [0, 0.05) is 32.2 Å². The summed E-state index contributed by atoms with van der Waals surface area (Å²) < 4.78 is 5.28. The van der Waals surface area contributed by atoms with Gasteiger partial charge in [-0.15, -0.1) is 0 Å². The highest BCUT2D eigenvalue weighted by Crippen LogP contribution is 2.17. The van der Waals surface area contributed by atoms with E-state index in [4.69, 9.17) is 9.84 Å². The largest absolute Gasteiger partial charge is 0.480 e. The maximum absolute atomic E-state index is 12.1. The fourth-order valence-electron chi connectivity index (χ4n) is 2.78. The van der Waals surface area contributed by atoms with E-state index in [-0.39, 0.29) is 12.1 Å². The van der Waals surface area contributed by atoms with Crippen molar-refractivity contribution >= 4 is 12.0 Å². The third kappa shape index (κ3) is 3.83. The Bertz CT molecular complexity index is 358. The summed E-state index contributed by atoms with van der Waals surface area (Å²) in [7, 11) is 0. The molecule has 2 saturated heterocycles. The molecule has 2 aliphatic rings. The summed E-state index contributed by atoms with van der Waals surface area (Å²) in [6, 6.07) is -0.947. The highest BCUT2D eigenvalue weighted by atomic mass is 16.5. The molecular formula is C13H23N3O4. The van der Waals surface area contributed by atoms with Gasteiger partial charge >= 0.3 is 12.0 Å². The molecule has 0 aromatic heterocycles. The number of nitrogens with one attached hydrogen (secondary N) is 1. The van der Waals surface area contributed by atoms with Crippen molar-refractivity contribution in [3.05, 3.63) is 0 Å². The predicted molar refractivity (Wildman–Crippen MR) is 72.6 cm³/mol. The molecule has 0 aliphatic carbocycles. The van der Waals surface area contributed by atoms with Gasteiger partial charge in [0.1, 0.15) is 6.04 Å². The van der Waals surface area contributed by atoms with Gasteiger partial charge in [-0.05, 0) is 19.8 Å². The summed E-state index contributed by atoms with van der Waals surface area (Å²) in [5.41, 5.74) is 0. The lowest BCUT2D eigenvalue weighted by Crippen LogP contribution is -2.52. The van der Waals surface area contributed by atoms with E-state index in [9.17, 15) is 9.59 Å². The molecule has 0 radical (unpaired) electrons. The number of nitrogens with zero attached hydrogens (tertiary/aromatic N) is 2. The number of urea groups is 1. The standard InChI is InChI=1S/C13H23N3O4/c1-10(9-15-5-7-20-8-6-15)14-13(19)16-4-2-3-11(16)12(17)18/h10-11H,2-9H2,1H3,(H,14,19)(H,17,18). The number of hydrogen-bond acceptors (Lipinski definition) is 4. The summed E-state index contributed by atoms with van der Waals surface area (Å²) >= 11 is 0. The first kappa shape index (κ1) is 15.1. The van der Waals surface area contributed by atoms with Gasteiger partial charge in [-0.1, -0.05) is 0 Å². The molecule has 2 aliphatic heterocycles. The topological polar surface area (TPSA) is 82.1 Å². The Balaban J connectivity index is 1.79. The number of likely N-dealkylation sites (tertiary alicyclic amines) is 1. The Morgan fingerprint density at radius 3 is 2.70 bits per heavy atom. The van der Waals surface area contributed by atoms with Crippen LogP contribution in [-0.4, -0.2) is 78.4 Å². The summed E-state index contributed by atoms with van der Waals surface area (Å²) in [5, 5.41) is 12.0. The Morgan fingerprint density at radius 2 is 2.05 bits per heavy atom. The molecule has 2 N–H and O–H groups in total. The zero-order valence-corrected chi connectivity index (χ0v) is 11.9. The number of carbonyl (C=O) groups is 2. The van der Waals surface area contributed by atoms with Gasteiger partial charge in [0.05, 0.1) is 13.2 Å². The van der Waals surface area contributed by atoms with E-state index in [2.05, 4.69) is 10.2 Å². The average Bonchev–Trinajstić information content (AvgIpc) is 2.89. The first-order chi connectivity index (χ1) is 9.58. The zero-order chi connectivity index (χ0) is 14.5. The van der Waals surface area contributed by atoms with Crippen LogP contribution in [0.25, 0.3) is 0 Å². The van der Waals surface area contributed by atoms with E-state index >= 15 is 0 Å². The van der Waals surface area contributed by atoms with Crippen molar-refractivity contribution in [1.82, 2.24) is 15.1 Å². The lowest BCUT2D eigenvalue weighted by molar-refractivity contribution is -0.141. The fraction of sp³-hybridized carbons (Fsp3) is 0.846. The van der Waals surface area contributed by atoms with Crippen molar-refractivity contribution < 1.29 is 19.4 Å². The van der Waals surface area contributed by atoms with E-state index in [0.29, 0.717) is 13.0 Å². The molecule has 0 spiro atoms. The van der Waals surface area contributed by atoms with Crippen molar-refractivity contribution in [2.45, 2.75) is 31.8 Å². The molecule has 2 amide bonds. The van der Waals surface area contributed by atoms with Gasteiger partial charge in [0.25, 0.3) is 0 Å². The Labute approximate surface area is 118 Å². The molecule has 7 nitrogen and oxygen atoms in total. The van der Waals surface area contributed by atoms with Gasteiger partial charge in [-0.2, -0.15) is 0 Å². The van der Waals surface area contributed by atoms with Crippen molar-refractivity contribution in [3.63, 3.8) is 0 Å². The van der Waals surface area contributed by atoms with E-state index in [1.807, 2.05) is 6.92 Å². The molecule has 114 valence electrons.